The number of benzene rings is 1. The fourth-order valence-corrected chi connectivity index (χ4v) is 4.71. The van der Waals surface area contributed by atoms with Crippen molar-refractivity contribution in [1.82, 2.24) is 14.5 Å². The maximum Gasteiger partial charge on any atom is 0.308 e. The van der Waals surface area contributed by atoms with E-state index in [1.54, 1.807) is 0 Å². The molecule has 7 nitrogen and oxygen atoms in total. The Morgan fingerprint density at radius 2 is 2.00 bits per heavy atom. The second-order valence-corrected chi connectivity index (χ2v) is 7.89. The summed E-state index contributed by atoms with van der Waals surface area (Å²) in [5.41, 5.74) is 1.09. The maximum atomic E-state index is 12.7. The smallest absolute Gasteiger partial charge is 0.308 e. The molecule has 1 aliphatic rings. The third-order valence-corrected chi connectivity index (χ3v) is 6.06. The minimum Gasteiger partial charge on any atom is -0.481 e. The molecule has 1 heterocycles. The van der Waals surface area contributed by atoms with E-state index in [4.69, 9.17) is 0 Å². The van der Waals surface area contributed by atoms with E-state index in [1.165, 1.54) is 16.9 Å². The minimum absolute atomic E-state index is 0.0690. The number of aryl methyl sites for hydroxylation is 2. The lowest BCUT2D eigenvalue weighted by molar-refractivity contribution is -0.141. The van der Waals surface area contributed by atoms with Crippen LogP contribution in [0.5, 0.6) is 0 Å². The van der Waals surface area contributed by atoms with Crippen molar-refractivity contribution in [2.45, 2.75) is 43.3 Å². The number of nitrogens with one attached hydrogen (secondary N) is 1. The van der Waals surface area contributed by atoms with Crippen molar-refractivity contribution < 1.29 is 18.3 Å². The number of nitrogens with zero attached hydrogens (tertiary/aromatic N) is 2. The molecule has 1 saturated carbocycles. The van der Waals surface area contributed by atoms with Crippen LogP contribution in [0.4, 0.5) is 0 Å². The molecule has 1 aromatic carbocycles. The van der Waals surface area contributed by atoms with E-state index in [9.17, 15) is 18.3 Å². The average molecular weight is 363 g/mol. The highest BCUT2D eigenvalue weighted by molar-refractivity contribution is 7.89. The first-order valence-corrected chi connectivity index (χ1v) is 9.76. The second kappa shape index (κ2) is 7.37. The van der Waals surface area contributed by atoms with Crippen molar-refractivity contribution in [1.29, 1.82) is 0 Å². The lowest BCUT2D eigenvalue weighted by atomic mass is 10.1. The Morgan fingerprint density at radius 1 is 1.24 bits per heavy atom. The molecule has 8 heteroatoms. The van der Waals surface area contributed by atoms with Crippen LogP contribution in [0.3, 0.4) is 0 Å². The first-order chi connectivity index (χ1) is 12.0. The molecule has 1 fully saturated rings. The summed E-state index contributed by atoms with van der Waals surface area (Å²) in [5, 5.41) is 13.4. The molecule has 0 amide bonds. The lowest BCUT2D eigenvalue weighted by Crippen LogP contribution is -2.40. The van der Waals surface area contributed by atoms with Crippen molar-refractivity contribution in [2.75, 3.05) is 0 Å². The molecule has 1 aliphatic carbocycles. The van der Waals surface area contributed by atoms with Gasteiger partial charge in [-0.25, -0.2) is 13.1 Å². The van der Waals surface area contributed by atoms with Gasteiger partial charge in [0.1, 0.15) is 0 Å². The summed E-state index contributed by atoms with van der Waals surface area (Å²) < 4.78 is 29.4. The van der Waals surface area contributed by atoms with E-state index in [2.05, 4.69) is 9.82 Å². The second-order valence-electron chi connectivity index (χ2n) is 6.23. The van der Waals surface area contributed by atoms with E-state index in [-0.39, 0.29) is 5.03 Å². The molecule has 0 aliphatic heterocycles. The monoisotopic (exact) mass is 363 g/mol. The molecule has 1 aromatic heterocycles. The molecule has 134 valence electrons. The number of hydrogen-bond acceptors (Lipinski definition) is 4. The molecule has 0 bridgehead atoms. The summed E-state index contributed by atoms with van der Waals surface area (Å²) in [7, 11) is -3.81. The highest BCUT2D eigenvalue weighted by atomic mass is 32.2. The van der Waals surface area contributed by atoms with E-state index >= 15 is 0 Å². The third kappa shape index (κ3) is 4.08. The minimum atomic E-state index is -3.81. The van der Waals surface area contributed by atoms with Gasteiger partial charge in [-0.3, -0.25) is 9.48 Å². The van der Waals surface area contributed by atoms with Gasteiger partial charge in [-0.1, -0.05) is 36.8 Å². The largest absolute Gasteiger partial charge is 0.481 e. The van der Waals surface area contributed by atoms with Gasteiger partial charge in [0.25, 0.3) is 10.0 Å². The quantitative estimate of drug-likeness (QED) is 0.779. The molecule has 0 spiro atoms. The van der Waals surface area contributed by atoms with E-state index in [0.29, 0.717) is 32.2 Å². The fraction of sp³-hybridized carbons (Fsp3) is 0.412. The van der Waals surface area contributed by atoms with Crippen molar-refractivity contribution in [2.24, 2.45) is 5.92 Å². The van der Waals surface area contributed by atoms with E-state index < -0.39 is 28.0 Å². The van der Waals surface area contributed by atoms with Gasteiger partial charge in [0.2, 0.25) is 0 Å². The van der Waals surface area contributed by atoms with Crippen molar-refractivity contribution in [3.05, 3.63) is 48.2 Å². The van der Waals surface area contributed by atoms with E-state index in [0.717, 1.165) is 5.56 Å². The summed E-state index contributed by atoms with van der Waals surface area (Å²) in [5.74, 6) is -1.63. The third-order valence-electron chi connectivity index (χ3n) is 4.55. The molecule has 0 unspecified atom stereocenters. The Kier molecular flexibility index (Phi) is 5.19. The van der Waals surface area contributed by atoms with Crippen LogP contribution in [0.2, 0.25) is 0 Å². The van der Waals surface area contributed by atoms with Crippen molar-refractivity contribution in [3.8, 4) is 0 Å². The number of aliphatic carboxylic acids is 1. The van der Waals surface area contributed by atoms with Gasteiger partial charge < -0.3 is 5.11 Å². The predicted molar refractivity (Wildman–Crippen MR) is 91.5 cm³/mol. The van der Waals surface area contributed by atoms with Gasteiger partial charge in [0.15, 0.2) is 5.03 Å². The Morgan fingerprint density at radius 3 is 2.72 bits per heavy atom. The highest BCUT2D eigenvalue weighted by Gasteiger charge is 2.36. The van der Waals surface area contributed by atoms with Gasteiger partial charge in [-0.15, -0.1) is 0 Å². The van der Waals surface area contributed by atoms with Gasteiger partial charge in [0.05, 0.1) is 12.1 Å². The molecular weight excluding hydrogens is 342 g/mol. The molecule has 0 saturated heterocycles. The molecule has 2 N–H and O–H groups in total. The number of carboxylic acids is 1. The number of carbonyl (C=O) groups is 1. The van der Waals surface area contributed by atoms with Gasteiger partial charge >= 0.3 is 5.97 Å². The number of rotatable bonds is 7. The SMILES string of the molecule is O=C(O)[C@@H]1CCC[C@@H]1NS(=O)(=O)c1ccnn1CCc1ccccc1. The molecule has 25 heavy (non-hydrogen) atoms. The number of aromatic nitrogens is 2. The standard InChI is InChI=1S/C17H21N3O4S/c21-17(22)14-7-4-8-15(14)19-25(23,24)16-9-11-18-20(16)12-10-13-5-2-1-3-6-13/h1-3,5-6,9,11,14-15,19H,4,7-8,10,12H2,(H,21,22)/t14-,15+/m1/s1. The van der Waals surface area contributed by atoms with Gasteiger partial charge in [-0.05, 0) is 30.9 Å². The zero-order valence-corrected chi connectivity index (χ0v) is 14.5. The van der Waals surface area contributed by atoms with Crippen LogP contribution >= 0.6 is 0 Å². The first kappa shape index (κ1) is 17.6. The summed E-state index contributed by atoms with van der Waals surface area (Å²) in [6.45, 7) is 0.431. The topological polar surface area (TPSA) is 101 Å². The Labute approximate surface area is 146 Å². The number of sulfonamides is 1. The van der Waals surface area contributed by atoms with E-state index in [1.807, 2.05) is 30.3 Å². The van der Waals surface area contributed by atoms with Gasteiger partial charge in [0, 0.05) is 12.6 Å². The van der Waals surface area contributed by atoms with Crippen molar-refractivity contribution >= 4 is 16.0 Å². The van der Waals surface area contributed by atoms with Crippen LogP contribution in [-0.4, -0.2) is 35.3 Å². The number of carboxylic acid groups (broad SMARTS) is 1. The first-order valence-electron chi connectivity index (χ1n) is 8.28. The fourth-order valence-electron chi connectivity index (χ4n) is 3.25. The summed E-state index contributed by atoms with van der Waals surface area (Å²) >= 11 is 0. The van der Waals surface area contributed by atoms with Crippen LogP contribution in [0, 0.1) is 5.92 Å². The van der Waals surface area contributed by atoms with Crippen molar-refractivity contribution in [3.63, 3.8) is 0 Å². The van der Waals surface area contributed by atoms with Crippen LogP contribution in [0.1, 0.15) is 24.8 Å². The predicted octanol–water partition coefficient (Wildman–Crippen LogP) is 1.66. The normalized spacial score (nSPS) is 20.6. The molecule has 2 aromatic rings. The van der Waals surface area contributed by atoms with Crippen LogP contribution in [0.25, 0.3) is 0 Å². The average Bonchev–Trinajstić information content (AvgIpc) is 3.22. The van der Waals surface area contributed by atoms with Crippen LogP contribution in [-0.2, 0) is 27.8 Å². The zero-order valence-electron chi connectivity index (χ0n) is 13.7. The summed E-state index contributed by atoms with van der Waals surface area (Å²) in [6, 6.07) is 10.6. The Hall–Kier alpha value is -2.19. The molecular formula is C17H21N3O4S. The molecule has 3 rings (SSSR count). The van der Waals surface area contributed by atoms with Crippen LogP contribution < -0.4 is 4.72 Å². The van der Waals surface area contributed by atoms with Crippen LogP contribution in [0.15, 0.2) is 47.6 Å². The summed E-state index contributed by atoms with van der Waals surface area (Å²) in [4.78, 5) is 11.3. The number of hydrogen-bond donors (Lipinski definition) is 2. The Balaban J connectivity index is 1.73. The molecule has 2 atom stereocenters. The highest BCUT2D eigenvalue weighted by Crippen LogP contribution is 2.27. The molecule has 0 radical (unpaired) electrons. The lowest BCUT2D eigenvalue weighted by Gasteiger charge is -2.18. The summed E-state index contributed by atoms with van der Waals surface area (Å²) in [6.07, 6.45) is 3.84. The maximum absolute atomic E-state index is 12.7. The van der Waals surface area contributed by atoms with Gasteiger partial charge in [-0.2, -0.15) is 5.10 Å². The Bertz CT molecular complexity index is 833. The zero-order chi connectivity index (χ0) is 17.9.